The molecule has 1 unspecified atom stereocenters. The Morgan fingerprint density at radius 1 is 1.88 bits per heavy atom. The van der Waals surface area contributed by atoms with E-state index < -0.39 is 5.60 Å². The third-order valence-electron chi connectivity index (χ3n) is 1.05. The highest BCUT2D eigenvalue weighted by Crippen LogP contribution is 2.10. The summed E-state index contributed by atoms with van der Waals surface area (Å²) >= 11 is 0. The minimum absolute atomic E-state index is 0.472. The van der Waals surface area contributed by atoms with Crippen LogP contribution in [0.4, 0.5) is 0 Å². The van der Waals surface area contributed by atoms with Gasteiger partial charge in [0.2, 0.25) is 0 Å². The van der Waals surface area contributed by atoms with Gasteiger partial charge in [-0.05, 0) is 19.4 Å². The zero-order valence-corrected chi connectivity index (χ0v) is 5.10. The van der Waals surface area contributed by atoms with Crippen molar-refractivity contribution >= 4 is 0 Å². The maximum absolute atomic E-state index is 8.94. The molecule has 0 saturated heterocycles. The van der Waals surface area contributed by atoms with Crippen LogP contribution in [0.3, 0.4) is 0 Å². The van der Waals surface area contributed by atoms with E-state index in [1.54, 1.807) is 13.0 Å². The Morgan fingerprint density at radius 3 is 2.25 bits per heavy atom. The maximum atomic E-state index is 8.94. The fourth-order valence-corrected chi connectivity index (χ4v) is 0.0954. The highest BCUT2D eigenvalue weighted by Gasteiger charge is 2.18. The third kappa shape index (κ3) is 1.36. The summed E-state index contributed by atoms with van der Waals surface area (Å²) in [5.74, 6) is 0. The molecule has 2 heteroatoms. The van der Waals surface area contributed by atoms with Crippen LogP contribution in [0.2, 0.25) is 0 Å². The minimum atomic E-state index is -1.35. The molecule has 0 saturated carbocycles. The lowest BCUT2D eigenvalue weighted by Crippen LogP contribution is -2.21. The molecular formula is C6H9NO. The smallest absolute Gasteiger partial charge is 0.169 e. The molecule has 1 atom stereocenters. The summed E-state index contributed by atoms with van der Waals surface area (Å²) in [6, 6.07) is 1.70. The average Bonchev–Trinajstić information content (AvgIpc) is 1.67. The summed E-state index contributed by atoms with van der Waals surface area (Å²) in [6.07, 6.45) is 0. The molecule has 0 spiro atoms. The number of rotatable bonds is 1. The SMILES string of the molecule is C=C(C)C(C)(O)C#N. The van der Waals surface area contributed by atoms with Gasteiger partial charge in [-0.1, -0.05) is 6.58 Å². The van der Waals surface area contributed by atoms with E-state index in [-0.39, 0.29) is 0 Å². The van der Waals surface area contributed by atoms with Crippen LogP contribution in [-0.4, -0.2) is 10.7 Å². The van der Waals surface area contributed by atoms with Crippen LogP contribution in [-0.2, 0) is 0 Å². The van der Waals surface area contributed by atoms with Crippen molar-refractivity contribution in [3.63, 3.8) is 0 Å². The van der Waals surface area contributed by atoms with Crippen molar-refractivity contribution in [1.82, 2.24) is 0 Å². The van der Waals surface area contributed by atoms with E-state index in [2.05, 4.69) is 6.58 Å². The maximum Gasteiger partial charge on any atom is 0.169 e. The van der Waals surface area contributed by atoms with E-state index >= 15 is 0 Å². The molecule has 0 rings (SSSR count). The summed E-state index contributed by atoms with van der Waals surface area (Å²) in [7, 11) is 0. The molecule has 1 N–H and O–H groups in total. The van der Waals surface area contributed by atoms with Gasteiger partial charge in [0.25, 0.3) is 0 Å². The van der Waals surface area contributed by atoms with E-state index in [0.717, 1.165) is 0 Å². The Balaban J connectivity index is 4.19. The Bertz CT molecular complexity index is 141. The van der Waals surface area contributed by atoms with Gasteiger partial charge in [0.05, 0.1) is 0 Å². The largest absolute Gasteiger partial charge is 0.372 e. The van der Waals surface area contributed by atoms with Crippen LogP contribution >= 0.6 is 0 Å². The van der Waals surface area contributed by atoms with Gasteiger partial charge in [0.1, 0.15) is 6.07 Å². The zero-order valence-electron chi connectivity index (χ0n) is 5.10. The van der Waals surface area contributed by atoms with Crippen molar-refractivity contribution in [2.24, 2.45) is 0 Å². The van der Waals surface area contributed by atoms with Crippen molar-refractivity contribution in [3.8, 4) is 6.07 Å². The lowest BCUT2D eigenvalue weighted by atomic mass is 10.0. The molecule has 0 radical (unpaired) electrons. The van der Waals surface area contributed by atoms with Crippen LogP contribution in [0.1, 0.15) is 13.8 Å². The quantitative estimate of drug-likeness (QED) is 0.402. The average molecular weight is 111 g/mol. The molecule has 0 fully saturated rings. The predicted molar refractivity (Wildman–Crippen MR) is 31.1 cm³/mol. The third-order valence-corrected chi connectivity index (χ3v) is 1.05. The van der Waals surface area contributed by atoms with Gasteiger partial charge in [-0.3, -0.25) is 0 Å². The van der Waals surface area contributed by atoms with Crippen LogP contribution in [0.15, 0.2) is 12.2 Å². The Hall–Kier alpha value is -0.810. The standard InChI is InChI=1S/C6H9NO/c1-5(2)6(3,8)4-7/h8H,1H2,2-3H3. The lowest BCUT2D eigenvalue weighted by Gasteiger charge is -2.11. The highest BCUT2D eigenvalue weighted by molar-refractivity contribution is 5.18. The Labute approximate surface area is 49.1 Å². The number of hydrogen-bond donors (Lipinski definition) is 1. The topological polar surface area (TPSA) is 44.0 Å². The second-order valence-electron chi connectivity index (χ2n) is 1.96. The molecule has 0 aliphatic heterocycles. The molecule has 44 valence electrons. The number of aliphatic hydroxyl groups is 1. The zero-order chi connectivity index (χ0) is 6.78. The molecule has 0 aromatic heterocycles. The van der Waals surface area contributed by atoms with Gasteiger partial charge < -0.3 is 5.11 Å². The Morgan fingerprint density at radius 2 is 2.25 bits per heavy atom. The first-order chi connectivity index (χ1) is 3.50. The van der Waals surface area contributed by atoms with E-state index in [9.17, 15) is 0 Å². The first-order valence-corrected chi connectivity index (χ1v) is 2.30. The van der Waals surface area contributed by atoms with E-state index in [0.29, 0.717) is 5.57 Å². The van der Waals surface area contributed by atoms with Gasteiger partial charge >= 0.3 is 0 Å². The summed E-state index contributed by atoms with van der Waals surface area (Å²) in [6.45, 7) is 6.45. The van der Waals surface area contributed by atoms with E-state index in [1.807, 2.05) is 0 Å². The van der Waals surface area contributed by atoms with Crippen molar-refractivity contribution < 1.29 is 5.11 Å². The Kier molecular flexibility index (Phi) is 1.77. The molecule has 0 amide bonds. The van der Waals surface area contributed by atoms with Crippen molar-refractivity contribution in [2.45, 2.75) is 19.4 Å². The summed E-state index contributed by atoms with van der Waals surface area (Å²) < 4.78 is 0. The molecule has 0 bridgehead atoms. The molecule has 8 heavy (non-hydrogen) atoms. The summed E-state index contributed by atoms with van der Waals surface area (Å²) in [4.78, 5) is 0. The van der Waals surface area contributed by atoms with Gasteiger partial charge in [0.15, 0.2) is 5.60 Å². The molecule has 0 aliphatic rings. The van der Waals surface area contributed by atoms with Crippen LogP contribution in [0.25, 0.3) is 0 Å². The van der Waals surface area contributed by atoms with Crippen LogP contribution in [0.5, 0.6) is 0 Å². The first kappa shape index (κ1) is 7.19. The lowest BCUT2D eigenvalue weighted by molar-refractivity contribution is 0.159. The summed E-state index contributed by atoms with van der Waals surface area (Å²) in [5.41, 5.74) is -0.875. The molecular weight excluding hydrogens is 102 g/mol. The molecule has 0 aromatic rings. The van der Waals surface area contributed by atoms with Crippen molar-refractivity contribution in [3.05, 3.63) is 12.2 Å². The second-order valence-corrected chi connectivity index (χ2v) is 1.96. The molecule has 0 aliphatic carbocycles. The molecule has 2 nitrogen and oxygen atoms in total. The fraction of sp³-hybridized carbons (Fsp3) is 0.500. The predicted octanol–water partition coefficient (Wildman–Crippen LogP) is 0.837. The second kappa shape index (κ2) is 1.97. The summed E-state index contributed by atoms with van der Waals surface area (Å²) in [5, 5.41) is 17.1. The van der Waals surface area contributed by atoms with E-state index in [1.165, 1.54) is 6.92 Å². The number of nitriles is 1. The monoisotopic (exact) mass is 111 g/mol. The van der Waals surface area contributed by atoms with Crippen molar-refractivity contribution in [2.75, 3.05) is 0 Å². The fourth-order valence-electron chi connectivity index (χ4n) is 0.0954. The number of nitrogens with zero attached hydrogens (tertiary/aromatic N) is 1. The van der Waals surface area contributed by atoms with Gasteiger partial charge in [-0.25, -0.2) is 0 Å². The molecule has 0 heterocycles. The minimum Gasteiger partial charge on any atom is -0.372 e. The van der Waals surface area contributed by atoms with Gasteiger partial charge in [-0.15, -0.1) is 0 Å². The molecule has 0 aromatic carbocycles. The van der Waals surface area contributed by atoms with Gasteiger partial charge in [0, 0.05) is 0 Å². The van der Waals surface area contributed by atoms with Crippen molar-refractivity contribution in [1.29, 1.82) is 5.26 Å². The first-order valence-electron chi connectivity index (χ1n) is 2.30. The van der Waals surface area contributed by atoms with Crippen LogP contribution in [0, 0.1) is 11.3 Å². The number of hydrogen-bond acceptors (Lipinski definition) is 2. The highest BCUT2D eigenvalue weighted by atomic mass is 16.3. The normalized spacial score (nSPS) is 16.2. The van der Waals surface area contributed by atoms with Crippen LogP contribution < -0.4 is 0 Å². The van der Waals surface area contributed by atoms with E-state index in [4.69, 9.17) is 10.4 Å². The van der Waals surface area contributed by atoms with Gasteiger partial charge in [-0.2, -0.15) is 5.26 Å².